The number of aryl methyl sites for hydroxylation is 4. The Hall–Kier alpha value is -8.48. The zero-order valence-electron chi connectivity index (χ0n) is 38.2. The smallest absolute Gasteiger partial charge is 0.205 e. The fourth-order valence-electron chi connectivity index (χ4n) is 11.3. The minimum Gasteiger partial charge on any atom is -0.457 e. The van der Waals surface area contributed by atoms with Crippen LogP contribution in [0.2, 0.25) is 0 Å². The molecule has 0 amide bonds. The lowest BCUT2D eigenvalue weighted by molar-refractivity contribution is 0.353. The number of para-hydroxylation sites is 4. The van der Waals surface area contributed by atoms with Gasteiger partial charge in [-0.15, -0.1) is 0 Å². The standard InChI is InChI=1S/C62H46N2O4/c1-39-17-13-21-43(33-39)63(44-22-14-18-40(2)34-44)57-37-51-59(67-57)62(49-27-7-11-31-55(49)66-56-32-12-8-28-50(56)62)52-38-58(64(45-23-15-19-41(3)35-45)46-24-16-20-42(4)36-46)68-60(52)61(51)47-25-5-9-29-53(47)65-54-30-10-6-26-48(54)61/h5-38H,1-4H3. The molecule has 1 aliphatic carbocycles. The summed E-state index contributed by atoms with van der Waals surface area (Å²) < 4.78 is 29.7. The van der Waals surface area contributed by atoms with E-state index in [2.05, 4.69) is 219 Å². The first-order valence-electron chi connectivity index (χ1n) is 23.2. The van der Waals surface area contributed by atoms with Crippen LogP contribution in [0.5, 0.6) is 23.0 Å². The maximum atomic E-state index is 7.92. The molecule has 6 nitrogen and oxygen atoms in total. The van der Waals surface area contributed by atoms with Gasteiger partial charge >= 0.3 is 0 Å². The molecule has 13 rings (SSSR count). The fourth-order valence-corrected chi connectivity index (χ4v) is 11.3. The second-order valence-corrected chi connectivity index (χ2v) is 18.4. The number of fused-ring (bicyclic) bond motifs is 14. The van der Waals surface area contributed by atoms with E-state index in [0.29, 0.717) is 11.8 Å². The summed E-state index contributed by atoms with van der Waals surface area (Å²) in [6, 6.07) is 72.6. The summed E-state index contributed by atoms with van der Waals surface area (Å²) in [4.78, 5) is 4.50. The van der Waals surface area contributed by atoms with E-state index in [1.165, 1.54) is 0 Å². The van der Waals surface area contributed by atoms with Crippen molar-refractivity contribution in [2.24, 2.45) is 0 Å². The first kappa shape index (κ1) is 39.8. The van der Waals surface area contributed by atoms with Gasteiger partial charge in [-0.2, -0.15) is 0 Å². The number of anilines is 6. The van der Waals surface area contributed by atoms with Crippen molar-refractivity contribution < 1.29 is 18.3 Å². The van der Waals surface area contributed by atoms with E-state index >= 15 is 0 Å². The molecule has 0 fully saturated rings. The van der Waals surface area contributed by atoms with Gasteiger partial charge in [0.15, 0.2) is 0 Å². The van der Waals surface area contributed by atoms with Gasteiger partial charge in [-0.05, 0) is 123 Å². The topological polar surface area (TPSA) is 51.2 Å². The Morgan fingerprint density at radius 1 is 0.294 bits per heavy atom. The maximum absolute atomic E-state index is 7.92. The average Bonchev–Trinajstić information content (AvgIpc) is 4.00. The number of hydrogen-bond acceptors (Lipinski definition) is 6. The molecule has 2 spiro atoms. The number of rotatable bonds is 6. The van der Waals surface area contributed by atoms with Crippen molar-refractivity contribution in [3.63, 3.8) is 0 Å². The summed E-state index contributed by atoms with van der Waals surface area (Å²) in [6.45, 7) is 8.53. The second kappa shape index (κ2) is 15.0. The predicted molar refractivity (Wildman–Crippen MR) is 270 cm³/mol. The summed E-state index contributed by atoms with van der Waals surface area (Å²) in [5.74, 6) is 5.85. The van der Waals surface area contributed by atoms with Gasteiger partial charge in [0.2, 0.25) is 11.8 Å². The van der Waals surface area contributed by atoms with Crippen molar-refractivity contribution in [1.82, 2.24) is 0 Å². The lowest BCUT2D eigenvalue weighted by Crippen LogP contribution is -2.46. The van der Waals surface area contributed by atoms with Crippen LogP contribution in [-0.4, -0.2) is 0 Å². The third-order valence-corrected chi connectivity index (χ3v) is 14.0. The van der Waals surface area contributed by atoms with Gasteiger partial charge in [-0.25, -0.2) is 0 Å². The van der Waals surface area contributed by atoms with Gasteiger partial charge in [-0.1, -0.05) is 121 Å². The zero-order valence-corrected chi connectivity index (χ0v) is 38.2. The Bertz CT molecular complexity index is 3170. The molecule has 3 aliphatic rings. The highest BCUT2D eigenvalue weighted by molar-refractivity contribution is 5.85. The van der Waals surface area contributed by atoms with Gasteiger partial charge in [0.1, 0.15) is 45.3 Å². The molecule has 0 N–H and O–H groups in total. The predicted octanol–water partition coefficient (Wildman–Crippen LogP) is 16.3. The SMILES string of the molecule is Cc1cccc(N(c2cccc(C)c2)c2cc3c(o2)C2(c4ccccc4Oc4ccccc42)c2cc(N(c4cccc(C)c4)c4cccc(C)c4)oc2C32c3ccccc3Oc3ccccc32)c1. The molecule has 0 saturated carbocycles. The van der Waals surface area contributed by atoms with Crippen LogP contribution < -0.4 is 19.3 Å². The Morgan fingerprint density at radius 3 is 0.853 bits per heavy atom. The molecule has 2 aliphatic heterocycles. The molecule has 0 radical (unpaired) electrons. The molecular weight excluding hydrogens is 837 g/mol. The van der Waals surface area contributed by atoms with Crippen molar-refractivity contribution in [2.45, 2.75) is 38.5 Å². The Kier molecular flexibility index (Phi) is 8.80. The van der Waals surface area contributed by atoms with E-state index in [9.17, 15) is 0 Å². The van der Waals surface area contributed by atoms with E-state index in [1.807, 2.05) is 24.3 Å². The lowest BCUT2D eigenvalue weighted by atomic mass is 9.54. The van der Waals surface area contributed by atoms with Crippen LogP contribution >= 0.6 is 0 Å². The number of benzene rings is 8. The van der Waals surface area contributed by atoms with Crippen LogP contribution in [0.3, 0.4) is 0 Å². The van der Waals surface area contributed by atoms with E-state index in [0.717, 1.165) is 113 Å². The molecular formula is C62H46N2O4. The minimum absolute atomic E-state index is 0.666. The second-order valence-electron chi connectivity index (χ2n) is 18.4. The third-order valence-electron chi connectivity index (χ3n) is 14.0. The van der Waals surface area contributed by atoms with Crippen LogP contribution in [0.4, 0.5) is 34.5 Å². The highest BCUT2D eigenvalue weighted by Crippen LogP contribution is 2.69. The highest BCUT2D eigenvalue weighted by Gasteiger charge is 2.63. The normalized spacial score (nSPS) is 14.1. The van der Waals surface area contributed by atoms with Gasteiger partial charge < -0.3 is 18.3 Å². The molecule has 328 valence electrons. The quantitative estimate of drug-likeness (QED) is 0.166. The first-order chi connectivity index (χ1) is 33.3. The van der Waals surface area contributed by atoms with Crippen LogP contribution in [0, 0.1) is 27.7 Å². The summed E-state index contributed by atoms with van der Waals surface area (Å²) in [6.07, 6.45) is 0. The summed E-state index contributed by atoms with van der Waals surface area (Å²) in [5, 5.41) is 0. The summed E-state index contributed by atoms with van der Waals surface area (Å²) >= 11 is 0. The van der Waals surface area contributed by atoms with Crippen molar-refractivity contribution in [1.29, 1.82) is 0 Å². The number of nitrogens with zero attached hydrogens (tertiary/aromatic N) is 2. The number of furan rings is 2. The van der Waals surface area contributed by atoms with Crippen LogP contribution in [0.1, 0.15) is 67.2 Å². The molecule has 4 heterocycles. The van der Waals surface area contributed by atoms with Gasteiger partial charge in [0.25, 0.3) is 0 Å². The Balaban J connectivity index is 1.23. The maximum Gasteiger partial charge on any atom is 0.205 e. The molecule has 0 bridgehead atoms. The molecule has 0 unspecified atom stereocenters. The van der Waals surface area contributed by atoms with Crippen molar-refractivity contribution >= 4 is 34.5 Å². The third kappa shape index (κ3) is 5.70. The Morgan fingerprint density at radius 2 is 0.574 bits per heavy atom. The molecule has 10 aromatic rings. The van der Waals surface area contributed by atoms with Gasteiger partial charge in [0.05, 0.1) is 0 Å². The number of ether oxygens (including phenoxy) is 2. The fraction of sp³-hybridized carbons (Fsp3) is 0.0968. The molecule has 2 aromatic heterocycles. The van der Waals surface area contributed by atoms with E-state index in [1.54, 1.807) is 0 Å². The highest BCUT2D eigenvalue weighted by atomic mass is 16.5. The first-order valence-corrected chi connectivity index (χ1v) is 23.2. The van der Waals surface area contributed by atoms with Crippen LogP contribution in [0.15, 0.2) is 215 Å². The number of hydrogen-bond donors (Lipinski definition) is 0. The van der Waals surface area contributed by atoms with Crippen molar-refractivity contribution in [3.8, 4) is 23.0 Å². The van der Waals surface area contributed by atoms with E-state index < -0.39 is 10.8 Å². The van der Waals surface area contributed by atoms with Crippen LogP contribution in [0.25, 0.3) is 0 Å². The lowest BCUT2D eigenvalue weighted by Gasteiger charge is -2.48. The molecule has 0 atom stereocenters. The van der Waals surface area contributed by atoms with E-state index in [-0.39, 0.29) is 0 Å². The monoisotopic (exact) mass is 882 g/mol. The molecule has 6 heteroatoms. The molecule has 8 aromatic carbocycles. The summed E-state index contributed by atoms with van der Waals surface area (Å²) in [5.41, 5.74) is 12.0. The largest absolute Gasteiger partial charge is 0.457 e. The zero-order chi connectivity index (χ0) is 45.7. The van der Waals surface area contributed by atoms with Crippen molar-refractivity contribution in [3.05, 3.63) is 273 Å². The molecule has 68 heavy (non-hydrogen) atoms. The molecule has 0 saturated heterocycles. The van der Waals surface area contributed by atoms with Crippen molar-refractivity contribution in [2.75, 3.05) is 9.80 Å². The average molecular weight is 883 g/mol. The van der Waals surface area contributed by atoms with Gasteiger partial charge in [-0.3, -0.25) is 9.80 Å². The Labute approximate surface area is 395 Å². The van der Waals surface area contributed by atoms with Gasteiger partial charge in [0, 0.05) is 68.3 Å². The van der Waals surface area contributed by atoms with E-state index in [4.69, 9.17) is 18.3 Å². The van der Waals surface area contributed by atoms with Crippen LogP contribution in [-0.2, 0) is 10.8 Å². The summed E-state index contributed by atoms with van der Waals surface area (Å²) in [7, 11) is 0. The minimum atomic E-state index is -1.08.